The fourth-order valence-corrected chi connectivity index (χ4v) is 4.02. The van der Waals surface area contributed by atoms with Crippen molar-refractivity contribution in [3.63, 3.8) is 0 Å². The summed E-state index contributed by atoms with van der Waals surface area (Å²) in [7, 11) is 3.28. The molecular weight excluding hydrogens is 364 g/mol. The molecule has 0 radical (unpaired) electrons. The molecule has 0 unspecified atom stereocenters. The predicted molar refractivity (Wildman–Crippen MR) is 116 cm³/mol. The van der Waals surface area contributed by atoms with Crippen LogP contribution in [0.4, 0.5) is 5.95 Å². The van der Waals surface area contributed by atoms with Crippen molar-refractivity contribution in [2.75, 3.05) is 33.9 Å². The number of aromatic nitrogens is 2. The van der Waals surface area contributed by atoms with Crippen LogP contribution in [-0.2, 0) is 6.54 Å². The van der Waals surface area contributed by atoms with Gasteiger partial charge in [-0.05, 0) is 55.2 Å². The standard InChI is InChI=1S/C23H28N4O2/c1-28-21-11-10-18(16-22(21)29-2)17-24-23-25-19-8-4-5-9-20(19)27(23)15-14-26-12-6-3-7-13-26/h4-5,8-11,16-17H,3,6-7,12-15H2,1-2H3/p+1. The van der Waals surface area contributed by atoms with Gasteiger partial charge in [0.2, 0.25) is 5.95 Å². The fraction of sp³-hybridized carbons (Fsp3) is 0.391. The van der Waals surface area contributed by atoms with Gasteiger partial charge in [0.25, 0.3) is 0 Å². The SMILES string of the molecule is COc1ccc(C=Nc2nc3ccccc3n2CC[NH+]2CCCCC2)cc1OC. The monoisotopic (exact) mass is 393 g/mol. The number of piperidine rings is 1. The first-order valence-corrected chi connectivity index (χ1v) is 10.3. The van der Waals surface area contributed by atoms with Crippen LogP contribution in [0.3, 0.4) is 0 Å². The molecule has 1 aromatic heterocycles. The summed E-state index contributed by atoms with van der Waals surface area (Å²) in [5.74, 6) is 2.15. The van der Waals surface area contributed by atoms with Gasteiger partial charge in [-0.25, -0.2) is 9.98 Å². The number of para-hydroxylation sites is 2. The molecule has 2 aromatic carbocycles. The lowest BCUT2D eigenvalue weighted by atomic mass is 10.1. The molecule has 1 saturated heterocycles. The molecule has 6 nitrogen and oxygen atoms in total. The van der Waals surface area contributed by atoms with Crippen LogP contribution in [0.25, 0.3) is 11.0 Å². The van der Waals surface area contributed by atoms with Crippen molar-refractivity contribution < 1.29 is 14.4 Å². The van der Waals surface area contributed by atoms with E-state index in [2.05, 4.69) is 22.8 Å². The molecule has 0 saturated carbocycles. The molecule has 0 spiro atoms. The number of methoxy groups -OCH3 is 2. The summed E-state index contributed by atoms with van der Waals surface area (Å²) in [5, 5.41) is 0. The second kappa shape index (κ2) is 9.09. The van der Waals surface area contributed by atoms with E-state index in [1.807, 2.05) is 30.5 Å². The zero-order valence-corrected chi connectivity index (χ0v) is 17.2. The highest BCUT2D eigenvalue weighted by Gasteiger charge is 2.16. The van der Waals surface area contributed by atoms with Crippen LogP contribution in [0.5, 0.6) is 11.5 Å². The van der Waals surface area contributed by atoms with Crippen molar-refractivity contribution in [3.8, 4) is 11.5 Å². The number of ether oxygens (including phenoxy) is 2. The lowest BCUT2D eigenvalue weighted by molar-refractivity contribution is -0.905. The average Bonchev–Trinajstić information content (AvgIpc) is 3.14. The molecular formula is C23H29N4O2+. The number of rotatable bonds is 7. The Morgan fingerprint density at radius 2 is 1.83 bits per heavy atom. The number of benzene rings is 2. The fourth-order valence-electron chi connectivity index (χ4n) is 4.02. The van der Waals surface area contributed by atoms with Gasteiger partial charge in [-0.1, -0.05) is 12.1 Å². The summed E-state index contributed by atoms with van der Waals surface area (Å²) >= 11 is 0. The van der Waals surface area contributed by atoms with E-state index in [4.69, 9.17) is 19.5 Å². The smallest absolute Gasteiger partial charge is 0.230 e. The van der Waals surface area contributed by atoms with Crippen LogP contribution in [-0.4, -0.2) is 49.6 Å². The van der Waals surface area contributed by atoms with Gasteiger partial charge in [0.05, 0.1) is 51.4 Å². The Morgan fingerprint density at radius 3 is 2.62 bits per heavy atom. The summed E-state index contributed by atoms with van der Waals surface area (Å²) < 4.78 is 13.0. The molecule has 1 N–H and O–H groups in total. The Hall–Kier alpha value is -2.86. The summed E-state index contributed by atoms with van der Waals surface area (Å²) in [6.45, 7) is 4.58. The quantitative estimate of drug-likeness (QED) is 0.628. The number of aliphatic imine (C=N–C) groups is 1. The van der Waals surface area contributed by atoms with Gasteiger partial charge in [-0.15, -0.1) is 0 Å². The third-order valence-corrected chi connectivity index (χ3v) is 5.62. The van der Waals surface area contributed by atoms with E-state index in [1.165, 1.54) is 32.4 Å². The summed E-state index contributed by atoms with van der Waals surface area (Å²) in [6.07, 6.45) is 5.89. The van der Waals surface area contributed by atoms with Crippen molar-refractivity contribution in [3.05, 3.63) is 48.0 Å². The van der Waals surface area contributed by atoms with Gasteiger partial charge < -0.3 is 18.9 Å². The van der Waals surface area contributed by atoms with Gasteiger partial charge in [-0.2, -0.15) is 0 Å². The number of likely N-dealkylation sites (tertiary alicyclic amines) is 1. The van der Waals surface area contributed by atoms with E-state index in [-0.39, 0.29) is 0 Å². The molecule has 0 aliphatic carbocycles. The molecule has 0 atom stereocenters. The highest BCUT2D eigenvalue weighted by molar-refractivity contribution is 5.84. The molecule has 4 rings (SSSR count). The van der Waals surface area contributed by atoms with Gasteiger partial charge in [0.15, 0.2) is 11.5 Å². The molecule has 1 aliphatic heterocycles. The van der Waals surface area contributed by atoms with Crippen molar-refractivity contribution in [1.82, 2.24) is 9.55 Å². The first-order chi connectivity index (χ1) is 14.3. The second-order valence-electron chi connectivity index (χ2n) is 7.49. The van der Waals surface area contributed by atoms with E-state index in [0.29, 0.717) is 11.5 Å². The zero-order valence-electron chi connectivity index (χ0n) is 17.2. The minimum absolute atomic E-state index is 0.693. The summed E-state index contributed by atoms with van der Waals surface area (Å²) in [4.78, 5) is 11.2. The van der Waals surface area contributed by atoms with Crippen LogP contribution in [0.15, 0.2) is 47.5 Å². The molecule has 2 heterocycles. The number of quaternary nitrogens is 1. The third-order valence-electron chi connectivity index (χ3n) is 5.62. The van der Waals surface area contributed by atoms with Crippen LogP contribution < -0.4 is 14.4 Å². The highest BCUT2D eigenvalue weighted by atomic mass is 16.5. The van der Waals surface area contributed by atoms with Crippen molar-refractivity contribution >= 4 is 23.2 Å². The topological polar surface area (TPSA) is 53.1 Å². The Labute approximate surface area is 171 Å². The number of nitrogens with one attached hydrogen (secondary N) is 1. The molecule has 6 heteroatoms. The lowest BCUT2D eigenvalue weighted by Crippen LogP contribution is -3.13. The molecule has 1 aliphatic rings. The Kier molecular flexibility index (Phi) is 6.10. The summed E-state index contributed by atoms with van der Waals surface area (Å²) in [6, 6.07) is 14.1. The lowest BCUT2D eigenvalue weighted by Gasteiger charge is -2.23. The van der Waals surface area contributed by atoms with Gasteiger partial charge in [-0.3, -0.25) is 0 Å². The zero-order chi connectivity index (χ0) is 20.1. The van der Waals surface area contributed by atoms with E-state index in [1.54, 1.807) is 19.1 Å². The molecule has 3 aromatic rings. The number of fused-ring (bicyclic) bond motifs is 1. The molecule has 152 valence electrons. The van der Waals surface area contributed by atoms with E-state index < -0.39 is 0 Å². The van der Waals surface area contributed by atoms with Gasteiger partial charge in [0.1, 0.15) is 0 Å². The molecule has 0 bridgehead atoms. The minimum atomic E-state index is 0.693. The maximum absolute atomic E-state index is 5.40. The Balaban J connectivity index is 1.60. The predicted octanol–water partition coefficient (Wildman–Crippen LogP) is 2.87. The molecule has 29 heavy (non-hydrogen) atoms. The number of hydrogen-bond acceptors (Lipinski definition) is 4. The molecule has 1 fully saturated rings. The van der Waals surface area contributed by atoms with Crippen LogP contribution in [0, 0.1) is 0 Å². The number of nitrogens with zero attached hydrogens (tertiary/aromatic N) is 3. The largest absolute Gasteiger partial charge is 0.493 e. The summed E-state index contributed by atoms with van der Waals surface area (Å²) in [5.41, 5.74) is 3.08. The first-order valence-electron chi connectivity index (χ1n) is 10.3. The number of hydrogen-bond donors (Lipinski definition) is 1. The van der Waals surface area contributed by atoms with Crippen LogP contribution >= 0.6 is 0 Å². The van der Waals surface area contributed by atoms with E-state index in [9.17, 15) is 0 Å². The number of imidazole rings is 1. The second-order valence-corrected chi connectivity index (χ2v) is 7.49. The minimum Gasteiger partial charge on any atom is -0.493 e. The Bertz CT molecular complexity index is 990. The first kappa shape index (κ1) is 19.5. The van der Waals surface area contributed by atoms with Gasteiger partial charge in [0, 0.05) is 6.21 Å². The van der Waals surface area contributed by atoms with Crippen molar-refractivity contribution in [2.24, 2.45) is 4.99 Å². The van der Waals surface area contributed by atoms with Crippen LogP contribution in [0.2, 0.25) is 0 Å². The highest BCUT2D eigenvalue weighted by Crippen LogP contribution is 2.27. The van der Waals surface area contributed by atoms with Crippen LogP contribution in [0.1, 0.15) is 24.8 Å². The third kappa shape index (κ3) is 4.43. The van der Waals surface area contributed by atoms with Crippen molar-refractivity contribution in [2.45, 2.75) is 25.8 Å². The van der Waals surface area contributed by atoms with Crippen molar-refractivity contribution in [1.29, 1.82) is 0 Å². The normalized spacial score (nSPS) is 15.2. The average molecular weight is 394 g/mol. The Morgan fingerprint density at radius 1 is 1.03 bits per heavy atom. The maximum atomic E-state index is 5.40. The maximum Gasteiger partial charge on any atom is 0.230 e. The van der Waals surface area contributed by atoms with Gasteiger partial charge >= 0.3 is 0 Å². The van der Waals surface area contributed by atoms with E-state index >= 15 is 0 Å². The van der Waals surface area contributed by atoms with E-state index in [0.717, 1.165) is 35.6 Å². The molecule has 0 amide bonds.